The van der Waals surface area contributed by atoms with Gasteiger partial charge in [0.25, 0.3) is 15.6 Å². The second-order valence-corrected chi connectivity index (χ2v) is 12.4. The van der Waals surface area contributed by atoms with E-state index in [-0.39, 0.29) is 36.0 Å². The molecule has 3 atom stereocenters. The van der Waals surface area contributed by atoms with Crippen molar-refractivity contribution in [1.29, 1.82) is 0 Å². The van der Waals surface area contributed by atoms with E-state index >= 15 is 0 Å². The highest BCUT2D eigenvalue weighted by Gasteiger charge is 2.71. The molecule has 1 aliphatic heterocycles. The van der Waals surface area contributed by atoms with Crippen LogP contribution in [-0.4, -0.2) is 55.8 Å². The van der Waals surface area contributed by atoms with Gasteiger partial charge in [0.1, 0.15) is 5.82 Å². The van der Waals surface area contributed by atoms with Crippen molar-refractivity contribution in [2.45, 2.75) is 86.4 Å². The standard InChI is InChI=1S/C27H28F7N3O5S/c1-15(38)35-21-3-2-4-22(21)36-24(39)14-19-9-5-16-13-17(25(40,26(29,30)31)27(32,33)34)6-12-23(16)37(19)43(41,42)20-10-7-18(28)8-11-20/h6-8,10-13,19,21-22,40H,2-5,9,14H2,1H3,(H,35,38)(H,36,39)/t19-,21+,22+/m0/s1. The summed E-state index contributed by atoms with van der Waals surface area (Å²) in [5.74, 6) is -1.65. The molecule has 1 heterocycles. The van der Waals surface area contributed by atoms with E-state index in [9.17, 15) is 53.8 Å². The molecule has 2 aliphatic rings. The zero-order chi connectivity index (χ0) is 32.0. The lowest BCUT2D eigenvalue weighted by atomic mass is 9.87. The molecular weight excluding hydrogens is 611 g/mol. The molecule has 0 spiro atoms. The topological polar surface area (TPSA) is 116 Å². The van der Waals surface area contributed by atoms with E-state index in [4.69, 9.17) is 0 Å². The Bertz CT molecular complexity index is 1470. The first kappa shape index (κ1) is 32.5. The fourth-order valence-electron chi connectivity index (χ4n) is 5.63. The summed E-state index contributed by atoms with van der Waals surface area (Å²) in [6, 6.07) is 3.21. The highest BCUT2D eigenvalue weighted by Crippen LogP contribution is 2.51. The Morgan fingerprint density at radius 1 is 0.930 bits per heavy atom. The molecule has 0 aromatic heterocycles. The Balaban J connectivity index is 1.73. The van der Waals surface area contributed by atoms with Gasteiger partial charge in [-0.2, -0.15) is 26.3 Å². The van der Waals surface area contributed by atoms with Crippen molar-refractivity contribution >= 4 is 27.5 Å². The predicted octanol–water partition coefficient (Wildman–Crippen LogP) is 4.21. The first-order chi connectivity index (χ1) is 19.9. The van der Waals surface area contributed by atoms with Gasteiger partial charge in [0.2, 0.25) is 11.8 Å². The number of nitrogens with zero attached hydrogens (tertiary/aromatic N) is 1. The summed E-state index contributed by atoms with van der Waals surface area (Å²) in [6.45, 7) is 1.32. The molecule has 16 heteroatoms. The van der Waals surface area contributed by atoms with Crippen molar-refractivity contribution in [3.8, 4) is 0 Å². The number of rotatable bonds is 7. The monoisotopic (exact) mass is 639 g/mol. The van der Waals surface area contributed by atoms with E-state index < -0.39 is 68.7 Å². The van der Waals surface area contributed by atoms with Crippen LogP contribution in [0.3, 0.4) is 0 Å². The molecule has 3 N–H and O–H groups in total. The van der Waals surface area contributed by atoms with E-state index in [0.717, 1.165) is 34.6 Å². The molecular formula is C27H28F7N3O5S. The number of anilines is 1. The number of sulfonamides is 1. The predicted molar refractivity (Wildman–Crippen MR) is 139 cm³/mol. The number of amides is 2. The number of benzene rings is 2. The van der Waals surface area contributed by atoms with Crippen LogP contribution in [0.4, 0.5) is 36.4 Å². The van der Waals surface area contributed by atoms with Gasteiger partial charge in [-0.3, -0.25) is 13.9 Å². The van der Waals surface area contributed by atoms with Crippen LogP contribution in [0.25, 0.3) is 0 Å². The number of fused-ring (bicyclic) bond motifs is 1. The Morgan fingerprint density at radius 2 is 1.51 bits per heavy atom. The molecule has 8 nitrogen and oxygen atoms in total. The lowest BCUT2D eigenvalue weighted by Gasteiger charge is -2.39. The summed E-state index contributed by atoms with van der Waals surface area (Å²) < 4.78 is 123. The third-order valence-electron chi connectivity index (χ3n) is 7.68. The average molecular weight is 640 g/mol. The van der Waals surface area contributed by atoms with E-state index in [0.29, 0.717) is 31.4 Å². The zero-order valence-electron chi connectivity index (χ0n) is 22.6. The van der Waals surface area contributed by atoms with Crippen LogP contribution in [0.1, 0.15) is 50.2 Å². The van der Waals surface area contributed by atoms with Gasteiger partial charge in [-0.1, -0.05) is 12.1 Å². The van der Waals surface area contributed by atoms with Crippen LogP contribution in [0.5, 0.6) is 0 Å². The van der Waals surface area contributed by atoms with Gasteiger partial charge in [0.15, 0.2) is 0 Å². The largest absolute Gasteiger partial charge is 0.430 e. The summed E-state index contributed by atoms with van der Waals surface area (Å²) in [7, 11) is -4.62. The number of hydrogen-bond acceptors (Lipinski definition) is 5. The minimum atomic E-state index is -6.15. The maximum atomic E-state index is 13.8. The molecule has 0 bridgehead atoms. The molecule has 2 aromatic carbocycles. The molecule has 4 rings (SSSR count). The number of aliphatic hydroxyl groups is 1. The molecule has 0 unspecified atom stereocenters. The van der Waals surface area contributed by atoms with Crippen molar-refractivity contribution in [2.75, 3.05) is 4.31 Å². The van der Waals surface area contributed by atoms with Crippen LogP contribution in [0, 0.1) is 5.82 Å². The normalized spacial score (nSPS) is 21.3. The summed E-state index contributed by atoms with van der Waals surface area (Å²) in [5.41, 5.74) is -7.31. The van der Waals surface area contributed by atoms with Gasteiger partial charge < -0.3 is 15.7 Å². The van der Waals surface area contributed by atoms with Gasteiger partial charge in [0.05, 0.1) is 16.6 Å². The van der Waals surface area contributed by atoms with Gasteiger partial charge >= 0.3 is 12.4 Å². The molecule has 43 heavy (non-hydrogen) atoms. The van der Waals surface area contributed by atoms with Gasteiger partial charge in [-0.25, -0.2) is 12.8 Å². The average Bonchev–Trinajstić information content (AvgIpc) is 3.31. The fraction of sp³-hybridized carbons (Fsp3) is 0.481. The fourth-order valence-corrected chi connectivity index (χ4v) is 7.34. The Kier molecular flexibility index (Phi) is 8.77. The Hall–Kier alpha value is -3.40. The van der Waals surface area contributed by atoms with E-state index in [2.05, 4.69) is 10.6 Å². The summed E-state index contributed by atoms with van der Waals surface area (Å²) in [5, 5.41) is 15.4. The highest BCUT2D eigenvalue weighted by molar-refractivity contribution is 7.92. The van der Waals surface area contributed by atoms with Crippen LogP contribution in [0.2, 0.25) is 0 Å². The Labute approximate surface area is 242 Å². The maximum Gasteiger partial charge on any atom is 0.430 e. The SMILES string of the molecule is CC(=O)N[C@@H]1CCC[C@H]1NC(=O)C[C@@H]1CCc2cc(C(O)(C(F)(F)F)C(F)(F)F)ccc2N1S(=O)(=O)c1ccc(F)cc1. The molecule has 236 valence electrons. The molecule has 1 fully saturated rings. The molecule has 0 saturated heterocycles. The van der Waals surface area contributed by atoms with Gasteiger partial charge in [-0.15, -0.1) is 0 Å². The van der Waals surface area contributed by atoms with Crippen LogP contribution in [-0.2, 0) is 31.6 Å². The number of alkyl halides is 6. The lowest BCUT2D eigenvalue weighted by molar-refractivity contribution is -0.376. The minimum absolute atomic E-state index is 0.180. The lowest BCUT2D eigenvalue weighted by Crippen LogP contribution is -2.54. The second-order valence-electron chi connectivity index (χ2n) is 10.6. The second kappa shape index (κ2) is 11.6. The molecule has 0 radical (unpaired) electrons. The molecule has 2 aromatic rings. The van der Waals surface area contributed by atoms with Crippen LogP contribution < -0.4 is 14.9 Å². The van der Waals surface area contributed by atoms with E-state index in [1.807, 2.05) is 0 Å². The number of hydrogen-bond donors (Lipinski definition) is 3. The van der Waals surface area contributed by atoms with E-state index in [1.54, 1.807) is 0 Å². The van der Waals surface area contributed by atoms with Gasteiger partial charge in [0, 0.05) is 31.0 Å². The number of halogens is 7. The van der Waals surface area contributed by atoms with Gasteiger partial charge in [-0.05, 0) is 68.0 Å². The minimum Gasteiger partial charge on any atom is -0.369 e. The van der Waals surface area contributed by atoms with Crippen LogP contribution >= 0.6 is 0 Å². The first-order valence-corrected chi connectivity index (χ1v) is 14.7. The van der Waals surface area contributed by atoms with Crippen molar-refractivity contribution in [1.82, 2.24) is 10.6 Å². The maximum absolute atomic E-state index is 13.8. The number of aryl methyl sites for hydroxylation is 1. The highest BCUT2D eigenvalue weighted by atomic mass is 32.2. The van der Waals surface area contributed by atoms with E-state index in [1.165, 1.54) is 6.92 Å². The number of carbonyl (C=O) groups excluding carboxylic acids is 2. The zero-order valence-corrected chi connectivity index (χ0v) is 23.4. The molecule has 1 saturated carbocycles. The number of nitrogens with one attached hydrogen (secondary N) is 2. The first-order valence-electron chi connectivity index (χ1n) is 13.2. The van der Waals surface area contributed by atoms with Crippen LogP contribution in [0.15, 0.2) is 47.4 Å². The quantitative estimate of drug-likeness (QED) is 0.393. The van der Waals surface area contributed by atoms with Crippen molar-refractivity contribution in [3.05, 3.63) is 59.4 Å². The summed E-state index contributed by atoms with van der Waals surface area (Å²) in [4.78, 5) is 24.2. The third kappa shape index (κ3) is 6.30. The molecule has 2 amide bonds. The smallest absolute Gasteiger partial charge is 0.369 e. The van der Waals surface area contributed by atoms with Crippen molar-refractivity contribution in [2.24, 2.45) is 0 Å². The number of carbonyl (C=O) groups is 2. The Morgan fingerprint density at radius 3 is 2.07 bits per heavy atom. The molecule has 1 aliphatic carbocycles. The van der Waals surface area contributed by atoms with Crippen molar-refractivity contribution < 1.29 is 53.8 Å². The summed E-state index contributed by atoms with van der Waals surface area (Å²) in [6.07, 6.45) is -11.3. The summed E-state index contributed by atoms with van der Waals surface area (Å²) >= 11 is 0. The van der Waals surface area contributed by atoms with Crippen molar-refractivity contribution in [3.63, 3.8) is 0 Å². The third-order valence-corrected chi connectivity index (χ3v) is 9.56.